The Morgan fingerprint density at radius 1 is 1.16 bits per heavy atom. The molecule has 160 valence electrons. The number of rotatable bonds is 4. The summed E-state index contributed by atoms with van der Waals surface area (Å²) >= 11 is 6.03. The topological polar surface area (TPSA) is 68.3 Å². The van der Waals surface area contributed by atoms with Gasteiger partial charge in [0.05, 0.1) is 11.7 Å². The molecule has 4 rings (SSSR count). The number of carbonyl (C=O) groups is 2. The lowest BCUT2D eigenvalue weighted by atomic mass is 9.72. The highest BCUT2D eigenvalue weighted by Crippen LogP contribution is 2.45. The minimum absolute atomic E-state index is 0.0323. The molecule has 0 saturated carbocycles. The Labute approximate surface area is 187 Å². The van der Waals surface area contributed by atoms with Crippen molar-refractivity contribution in [1.29, 1.82) is 0 Å². The highest BCUT2D eigenvalue weighted by molar-refractivity contribution is 6.30. The number of nitrogens with one attached hydrogen (secondary N) is 1. The van der Waals surface area contributed by atoms with E-state index in [1.165, 1.54) is 0 Å². The first-order chi connectivity index (χ1) is 14.8. The van der Waals surface area contributed by atoms with Gasteiger partial charge in [-0.15, -0.1) is 0 Å². The van der Waals surface area contributed by atoms with E-state index in [2.05, 4.69) is 10.3 Å². The molecule has 0 unspecified atom stereocenters. The van der Waals surface area contributed by atoms with Crippen LogP contribution in [0.15, 0.2) is 71.3 Å². The van der Waals surface area contributed by atoms with Crippen molar-refractivity contribution in [3.05, 3.63) is 87.5 Å². The molecule has 2 atom stereocenters. The predicted octanol–water partition coefficient (Wildman–Crippen LogP) is 5.05. The fourth-order valence-electron chi connectivity index (χ4n) is 4.44. The molecule has 0 fully saturated rings. The van der Waals surface area contributed by atoms with Crippen molar-refractivity contribution in [1.82, 2.24) is 10.3 Å². The summed E-state index contributed by atoms with van der Waals surface area (Å²) in [7, 11) is 0. The van der Waals surface area contributed by atoms with Crippen LogP contribution in [0.25, 0.3) is 0 Å². The standard InChI is InChI=1S/C25H25ClN2O3/c1-14(2)31-25(30)22-15(3)28-20-11-18(16-6-8-19(26)9-7-16)12-21(29)24(20)23(22)17-5-4-10-27-13-17/h4-10,13-14,18,23,28H,11-12H2,1-3H3/t18-,23+/m1/s1. The molecule has 2 aliphatic rings. The summed E-state index contributed by atoms with van der Waals surface area (Å²) < 4.78 is 5.52. The largest absolute Gasteiger partial charge is 0.460 e. The summed E-state index contributed by atoms with van der Waals surface area (Å²) in [5.41, 5.74) is 4.57. The van der Waals surface area contributed by atoms with E-state index in [9.17, 15) is 9.59 Å². The van der Waals surface area contributed by atoms with Crippen LogP contribution in [0.1, 0.15) is 56.6 Å². The van der Waals surface area contributed by atoms with Gasteiger partial charge in [0.1, 0.15) is 0 Å². The number of hydrogen-bond donors (Lipinski definition) is 1. The zero-order valence-corrected chi connectivity index (χ0v) is 18.6. The first kappa shape index (κ1) is 21.3. The fraction of sp³-hybridized carbons (Fsp3) is 0.320. The van der Waals surface area contributed by atoms with Crippen LogP contribution in [-0.2, 0) is 14.3 Å². The average Bonchev–Trinajstić information content (AvgIpc) is 2.73. The number of ketones is 1. The van der Waals surface area contributed by atoms with Crippen LogP contribution < -0.4 is 5.32 Å². The van der Waals surface area contributed by atoms with Gasteiger partial charge in [-0.2, -0.15) is 0 Å². The minimum Gasteiger partial charge on any atom is -0.460 e. The van der Waals surface area contributed by atoms with E-state index in [0.29, 0.717) is 34.7 Å². The zero-order chi connectivity index (χ0) is 22.1. The maximum atomic E-state index is 13.4. The fourth-order valence-corrected chi connectivity index (χ4v) is 4.56. The quantitative estimate of drug-likeness (QED) is 0.679. The van der Waals surface area contributed by atoms with Crippen LogP contribution in [0.5, 0.6) is 0 Å². The lowest BCUT2D eigenvalue weighted by molar-refractivity contribution is -0.143. The summed E-state index contributed by atoms with van der Waals surface area (Å²) in [5.74, 6) is -0.810. The average molecular weight is 437 g/mol. The first-order valence-electron chi connectivity index (χ1n) is 10.5. The number of dihydropyridines is 1. The van der Waals surface area contributed by atoms with Crippen molar-refractivity contribution in [2.75, 3.05) is 0 Å². The van der Waals surface area contributed by atoms with E-state index in [-0.39, 0.29) is 17.8 Å². The molecule has 31 heavy (non-hydrogen) atoms. The number of carbonyl (C=O) groups excluding carboxylic acids is 2. The summed E-state index contributed by atoms with van der Waals surface area (Å²) in [6, 6.07) is 11.4. The van der Waals surface area contributed by atoms with Gasteiger partial charge in [-0.3, -0.25) is 9.78 Å². The molecule has 1 aromatic heterocycles. The molecule has 1 aliphatic carbocycles. The number of Topliss-reactive ketones (excluding diaryl/α,β-unsaturated/α-hetero) is 1. The van der Waals surface area contributed by atoms with Gasteiger partial charge in [-0.05, 0) is 62.4 Å². The van der Waals surface area contributed by atoms with E-state index in [4.69, 9.17) is 16.3 Å². The maximum absolute atomic E-state index is 13.4. The van der Waals surface area contributed by atoms with Gasteiger partial charge in [0, 0.05) is 46.7 Å². The van der Waals surface area contributed by atoms with Gasteiger partial charge >= 0.3 is 5.97 Å². The molecule has 0 radical (unpaired) electrons. The highest BCUT2D eigenvalue weighted by Gasteiger charge is 2.41. The number of allylic oxidation sites excluding steroid dienone is 3. The monoisotopic (exact) mass is 436 g/mol. The van der Waals surface area contributed by atoms with Gasteiger partial charge in [0.25, 0.3) is 0 Å². The van der Waals surface area contributed by atoms with Crippen LogP contribution in [0, 0.1) is 0 Å². The summed E-state index contributed by atoms with van der Waals surface area (Å²) in [5, 5.41) is 4.03. The van der Waals surface area contributed by atoms with Crippen LogP contribution >= 0.6 is 11.6 Å². The first-order valence-corrected chi connectivity index (χ1v) is 10.8. The summed E-state index contributed by atoms with van der Waals surface area (Å²) in [4.78, 5) is 30.7. The minimum atomic E-state index is -0.491. The zero-order valence-electron chi connectivity index (χ0n) is 17.8. The molecule has 6 heteroatoms. The number of hydrogen-bond acceptors (Lipinski definition) is 5. The molecule has 2 aromatic rings. The Morgan fingerprint density at radius 2 is 1.90 bits per heavy atom. The number of aromatic nitrogens is 1. The van der Waals surface area contributed by atoms with Crippen molar-refractivity contribution >= 4 is 23.4 Å². The SMILES string of the molecule is CC1=C(C(=O)OC(C)C)[C@H](c2cccnc2)C2=C(C[C@@H](c3ccc(Cl)cc3)CC2=O)N1. The smallest absolute Gasteiger partial charge is 0.337 e. The predicted molar refractivity (Wildman–Crippen MR) is 120 cm³/mol. The van der Waals surface area contributed by atoms with Crippen LogP contribution in [0.4, 0.5) is 0 Å². The second-order valence-electron chi connectivity index (χ2n) is 8.31. The Hall–Kier alpha value is -2.92. The molecular weight excluding hydrogens is 412 g/mol. The molecule has 1 aromatic carbocycles. The normalized spacial score (nSPS) is 21.1. The number of benzene rings is 1. The van der Waals surface area contributed by atoms with Crippen molar-refractivity contribution in [2.45, 2.75) is 51.6 Å². The number of nitrogens with zero attached hydrogens (tertiary/aromatic N) is 1. The second-order valence-corrected chi connectivity index (χ2v) is 8.75. The molecule has 0 amide bonds. The second kappa shape index (κ2) is 8.67. The third kappa shape index (κ3) is 4.28. The Bertz CT molecular complexity index is 1070. The summed E-state index contributed by atoms with van der Waals surface area (Å²) in [6.07, 6.45) is 4.21. The lowest BCUT2D eigenvalue weighted by Crippen LogP contribution is -2.36. The molecule has 0 saturated heterocycles. The van der Waals surface area contributed by atoms with E-state index >= 15 is 0 Å². The van der Waals surface area contributed by atoms with Crippen LogP contribution in [0.2, 0.25) is 5.02 Å². The molecule has 0 spiro atoms. The maximum Gasteiger partial charge on any atom is 0.337 e. The van der Waals surface area contributed by atoms with Gasteiger partial charge in [-0.1, -0.05) is 29.8 Å². The third-order valence-corrected chi connectivity index (χ3v) is 6.00. The van der Waals surface area contributed by atoms with Gasteiger partial charge < -0.3 is 10.1 Å². The number of pyridine rings is 1. The number of esters is 1. The van der Waals surface area contributed by atoms with Gasteiger partial charge in [0.15, 0.2) is 5.78 Å². The third-order valence-electron chi connectivity index (χ3n) is 5.75. The van der Waals surface area contributed by atoms with Crippen molar-refractivity contribution in [2.24, 2.45) is 0 Å². The lowest BCUT2D eigenvalue weighted by Gasteiger charge is -2.36. The molecular formula is C25H25ClN2O3. The van der Waals surface area contributed by atoms with E-state index in [1.54, 1.807) is 12.4 Å². The van der Waals surface area contributed by atoms with Gasteiger partial charge in [0.2, 0.25) is 0 Å². The molecule has 1 N–H and O–H groups in total. The van der Waals surface area contributed by atoms with Crippen molar-refractivity contribution in [3.8, 4) is 0 Å². The van der Waals surface area contributed by atoms with E-state index in [0.717, 1.165) is 16.8 Å². The molecule has 1 aliphatic heterocycles. The number of halogens is 1. The van der Waals surface area contributed by atoms with Crippen molar-refractivity contribution in [3.63, 3.8) is 0 Å². The Balaban J connectivity index is 1.77. The highest BCUT2D eigenvalue weighted by atomic mass is 35.5. The molecule has 0 bridgehead atoms. The van der Waals surface area contributed by atoms with E-state index < -0.39 is 11.9 Å². The van der Waals surface area contributed by atoms with Crippen LogP contribution in [0.3, 0.4) is 0 Å². The molecule has 2 heterocycles. The van der Waals surface area contributed by atoms with Crippen molar-refractivity contribution < 1.29 is 14.3 Å². The van der Waals surface area contributed by atoms with E-state index in [1.807, 2.05) is 57.2 Å². The van der Waals surface area contributed by atoms with Crippen LogP contribution in [-0.4, -0.2) is 22.8 Å². The number of ether oxygens (including phenoxy) is 1. The van der Waals surface area contributed by atoms with Gasteiger partial charge in [-0.25, -0.2) is 4.79 Å². The molecule has 5 nitrogen and oxygen atoms in total. The summed E-state index contributed by atoms with van der Waals surface area (Å²) in [6.45, 7) is 5.49. The Morgan fingerprint density at radius 3 is 2.55 bits per heavy atom. The Kier molecular flexibility index (Phi) is 5.96.